The van der Waals surface area contributed by atoms with Crippen molar-refractivity contribution in [3.05, 3.63) is 29.8 Å². The molecule has 0 bridgehead atoms. The smallest absolute Gasteiger partial charge is 0.250 e. The van der Waals surface area contributed by atoms with Crippen molar-refractivity contribution >= 4 is 8.32 Å². The predicted octanol–water partition coefficient (Wildman–Crippen LogP) is 4.09. The van der Waals surface area contributed by atoms with Crippen molar-refractivity contribution in [2.45, 2.75) is 51.9 Å². The number of hydrogen-bond acceptors (Lipinski definition) is 2. The third-order valence-electron chi connectivity index (χ3n) is 3.58. The third kappa shape index (κ3) is 3.33. The zero-order valence-corrected chi connectivity index (χ0v) is 12.9. The minimum absolute atomic E-state index is 0.0102. The van der Waals surface area contributed by atoms with E-state index in [0.717, 1.165) is 11.3 Å². The largest absolute Gasteiger partial charge is 0.543 e. The molecule has 0 saturated heterocycles. The molecule has 0 saturated carbocycles. The van der Waals surface area contributed by atoms with Gasteiger partial charge in [-0.15, -0.1) is 0 Å². The van der Waals surface area contributed by atoms with Crippen LogP contribution in [-0.4, -0.2) is 8.32 Å². The van der Waals surface area contributed by atoms with Gasteiger partial charge in [0.25, 0.3) is 0 Å². The van der Waals surface area contributed by atoms with Gasteiger partial charge in [-0.1, -0.05) is 39.0 Å². The number of nitrogens with two attached hydrogens (primary N) is 1. The maximum atomic E-state index is 6.32. The van der Waals surface area contributed by atoms with Crippen LogP contribution < -0.4 is 10.2 Å². The van der Waals surface area contributed by atoms with Crippen LogP contribution in [0.1, 0.15) is 39.3 Å². The van der Waals surface area contributed by atoms with E-state index >= 15 is 0 Å². The molecule has 0 heterocycles. The van der Waals surface area contributed by atoms with Crippen LogP contribution in [0.2, 0.25) is 18.1 Å². The van der Waals surface area contributed by atoms with Crippen LogP contribution in [0.3, 0.4) is 0 Å². The molecule has 0 amide bonds. The van der Waals surface area contributed by atoms with E-state index in [-0.39, 0.29) is 11.1 Å². The Balaban J connectivity index is 3.04. The summed E-state index contributed by atoms with van der Waals surface area (Å²) in [4.78, 5) is 0. The molecule has 3 heteroatoms. The van der Waals surface area contributed by atoms with Crippen LogP contribution >= 0.6 is 0 Å². The second-order valence-electron chi connectivity index (χ2n) is 6.19. The molecule has 1 aromatic carbocycles. The summed E-state index contributed by atoms with van der Waals surface area (Å²) >= 11 is 0. The predicted molar refractivity (Wildman–Crippen MR) is 76.9 cm³/mol. The summed E-state index contributed by atoms with van der Waals surface area (Å²) < 4.78 is 6.32. The van der Waals surface area contributed by atoms with Crippen LogP contribution in [0.25, 0.3) is 0 Å². The lowest BCUT2D eigenvalue weighted by Crippen LogP contribution is -2.44. The highest BCUT2D eigenvalue weighted by molar-refractivity contribution is 6.74. The number of para-hydroxylation sites is 1. The van der Waals surface area contributed by atoms with Gasteiger partial charge in [0.1, 0.15) is 5.75 Å². The Morgan fingerprint density at radius 2 is 1.71 bits per heavy atom. The Morgan fingerprint density at radius 1 is 1.18 bits per heavy atom. The van der Waals surface area contributed by atoms with Crippen LogP contribution in [0.15, 0.2) is 24.3 Å². The molecule has 0 aliphatic heterocycles. The normalized spacial score (nSPS) is 14.5. The molecule has 2 nitrogen and oxygen atoms in total. The molecular weight excluding hydrogens is 226 g/mol. The zero-order chi connectivity index (χ0) is 13.3. The molecule has 0 unspecified atom stereocenters. The maximum Gasteiger partial charge on any atom is 0.250 e. The molecule has 17 heavy (non-hydrogen) atoms. The van der Waals surface area contributed by atoms with Gasteiger partial charge in [0.2, 0.25) is 8.32 Å². The summed E-state index contributed by atoms with van der Waals surface area (Å²) in [6.07, 6.45) is 0. The van der Waals surface area contributed by atoms with E-state index in [0.29, 0.717) is 0 Å². The summed E-state index contributed by atoms with van der Waals surface area (Å²) in [7, 11) is -1.78. The van der Waals surface area contributed by atoms with Gasteiger partial charge in [0.15, 0.2) is 0 Å². The molecule has 0 aliphatic rings. The molecule has 0 radical (unpaired) electrons. The fraction of sp³-hybridized carbons (Fsp3) is 0.571. The highest BCUT2D eigenvalue weighted by Gasteiger charge is 2.39. The van der Waals surface area contributed by atoms with Crippen LogP contribution in [-0.2, 0) is 0 Å². The van der Waals surface area contributed by atoms with Gasteiger partial charge >= 0.3 is 0 Å². The lowest BCUT2D eigenvalue weighted by molar-refractivity contribution is 0.483. The Morgan fingerprint density at radius 3 is 2.18 bits per heavy atom. The highest BCUT2D eigenvalue weighted by atomic mass is 28.4. The summed E-state index contributed by atoms with van der Waals surface area (Å²) in [5.74, 6) is 0.953. The molecule has 96 valence electrons. The third-order valence-corrected chi connectivity index (χ3v) is 7.92. The molecule has 0 fully saturated rings. The van der Waals surface area contributed by atoms with Crippen molar-refractivity contribution in [3.63, 3.8) is 0 Å². The summed E-state index contributed by atoms with van der Waals surface area (Å²) in [6, 6.07) is 8.11. The molecule has 2 N–H and O–H groups in total. The lowest BCUT2D eigenvalue weighted by Gasteiger charge is -2.37. The zero-order valence-electron chi connectivity index (χ0n) is 11.9. The van der Waals surface area contributed by atoms with Crippen LogP contribution in [0.5, 0.6) is 5.75 Å². The first-order valence-electron chi connectivity index (χ1n) is 6.18. The van der Waals surface area contributed by atoms with Crippen molar-refractivity contribution in [1.29, 1.82) is 0 Å². The van der Waals surface area contributed by atoms with Gasteiger partial charge < -0.3 is 10.2 Å². The Bertz CT molecular complexity index is 380. The van der Waals surface area contributed by atoms with E-state index < -0.39 is 8.32 Å². The van der Waals surface area contributed by atoms with Crippen molar-refractivity contribution < 1.29 is 4.43 Å². The molecule has 1 atom stereocenters. The molecular formula is C14H25NOSi. The van der Waals surface area contributed by atoms with E-state index in [9.17, 15) is 0 Å². The van der Waals surface area contributed by atoms with Gasteiger partial charge in [-0.25, -0.2) is 0 Å². The Labute approximate surface area is 106 Å². The monoisotopic (exact) mass is 251 g/mol. The fourth-order valence-electron chi connectivity index (χ4n) is 1.38. The van der Waals surface area contributed by atoms with Crippen LogP contribution in [0.4, 0.5) is 0 Å². The van der Waals surface area contributed by atoms with Gasteiger partial charge in [-0.2, -0.15) is 0 Å². The van der Waals surface area contributed by atoms with Gasteiger partial charge in [-0.05, 0) is 31.1 Å². The minimum atomic E-state index is -1.78. The molecule has 0 aromatic heterocycles. The first-order chi connectivity index (χ1) is 7.65. The Hall–Kier alpha value is -0.803. The average Bonchev–Trinajstić information content (AvgIpc) is 2.15. The van der Waals surface area contributed by atoms with E-state index in [4.69, 9.17) is 10.2 Å². The SMILES string of the molecule is C[C@H](N)c1ccccc1O[Si](C)(C)C(C)(C)C. The van der Waals surface area contributed by atoms with Crippen molar-refractivity contribution in [2.75, 3.05) is 0 Å². The van der Waals surface area contributed by atoms with E-state index in [1.54, 1.807) is 0 Å². The standard InChI is InChI=1S/C14H25NOSi/c1-11(15)12-9-7-8-10-13(12)16-17(5,6)14(2,3)4/h7-11H,15H2,1-6H3/t11-/m0/s1. The first-order valence-corrected chi connectivity index (χ1v) is 9.09. The quantitative estimate of drug-likeness (QED) is 0.821. The molecule has 0 aliphatic carbocycles. The van der Waals surface area contributed by atoms with E-state index in [1.165, 1.54) is 0 Å². The fourth-order valence-corrected chi connectivity index (χ4v) is 2.42. The topological polar surface area (TPSA) is 35.2 Å². The van der Waals surface area contributed by atoms with Crippen molar-refractivity contribution in [1.82, 2.24) is 0 Å². The number of hydrogen-bond donors (Lipinski definition) is 1. The Kier molecular flexibility index (Phi) is 4.05. The van der Waals surface area contributed by atoms with Gasteiger partial charge in [-0.3, -0.25) is 0 Å². The maximum absolute atomic E-state index is 6.32. The summed E-state index contributed by atoms with van der Waals surface area (Å²) in [5, 5.41) is 0.206. The summed E-state index contributed by atoms with van der Waals surface area (Å²) in [6.45, 7) is 13.2. The summed E-state index contributed by atoms with van der Waals surface area (Å²) in [5.41, 5.74) is 7.07. The van der Waals surface area contributed by atoms with Crippen LogP contribution in [0, 0.1) is 0 Å². The number of benzene rings is 1. The van der Waals surface area contributed by atoms with Crippen molar-refractivity contribution in [2.24, 2.45) is 5.73 Å². The second kappa shape index (κ2) is 4.82. The van der Waals surface area contributed by atoms with Gasteiger partial charge in [0.05, 0.1) is 0 Å². The van der Waals surface area contributed by atoms with E-state index in [1.807, 2.05) is 31.2 Å². The number of rotatable bonds is 3. The second-order valence-corrected chi connectivity index (χ2v) is 10.9. The lowest BCUT2D eigenvalue weighted by atomic mass is 10.1. The minimum Gasteiger partial charge on any atom is -0.543 e. The van der Waals surface area contributed by atoms with E-state index in [2.05, 4.69) is 33.9 Å². The molecule has 1 rings (SSSR count). The van der Waals surface area contributed by atoms with Crippen molar-refractivity contribution in [3.8, 4) is 5.75 Å². The first kappa shape index (κ1) is 14.3. The van der Waals surface area contributed by atoms with Gasteiger partial charge in [0, 0.05) is 11.6 Å². The molecule has 0 spiro atoms. The molecule has 1 aromatic rings. The average molecular weight is 251 g/mol. The highest BCUT2D eigenvalue weighted by Crippen LogP contribution is 2.38.